The second-order valence-corrected chi connectivity index (χ2v) is 5.75. The number of rotatable bonds is 2. The van der Waals surface area contributed by atoms with Crippen molar-refractivity contribution >= 4 is 11.0 Å². The van der Waals surface area contributed by atoms with E-state index in [9.17, 15) is 0 Å². The number of nitrogens with two attached hydrogens (primary N) is 1. The summed E-state index contributed by atoms with van der Waals surface area (Å²) in [5.74, 6) is 1.06. The lowest BCUT2D eigenvalue weighted by atomic mass is 9.85. The third kappa shape index (κ3) is 2.34. The van der Waals surface area contributed by atoms with Crippen molar-refractivity contribution in [1.29, 1.82) is 0 Å². The van der Waals surface area contributed by atoms with Crippen molar-refractivity contribution in [2.45, 2.75) is 33.2 Å². The van der Waals surface area contributed by atoms with Crippen LogP contribution in [0.25, 0.3) is 11.0 Å². The van der Waals surface area contributed by atoms with Crippen LogP contribution in [0.5, 0.6) is 0 Å². The van der Waals surface area contributed by atoms with E-state index in [0.29, 0.717) is 0 Å². The molecule has 0 aliphatic heterocycles. The Kier molecular flexibility index (Phi) is 2.96. The van der Waals surface area contributed by atoms with Gasteiger partial charge >= 0.3 is 0 Å². The standard InChI is InChI=1S/C14H21N3/c1-14(2,3)12(15)9-13-16-10-7-5-6-8-11(10)17(13)4/h5-8,12H,9,15H2,1-4H3. The predicted octanol–water partition coefficient (Wildman–Crippen LogP) is 2.49. The van der Waals surface area contributed by atoms with E-state index in [2.05, 4.69) is 43.4 Å². The van der Waals surface area contributed by atoms with Crippen molar-refractivity contribution in [3.05, 3.63) is 30.1 Å². The molecule has 3 nitrogen and oxygen atoms in total. The summed E-state index contributed by atoms with van der Waals surface area (Å²) in [6.07, 6.45) is 0.814. The molecule has 2 N–H and O–H groups in total. The van der Waals surface area contributed by atoms with Gasteiger partial charge in [0.2, 0.25) is 0 Å². The number of fused-ring (bicyclic) bond motifs is 1. The Morgan fingerprint density at radius 3 is 2.53 bits per heavy atom. The van der Waals surface area contributed by atoms with Crippen LogP contribution in [0, 0.1) is 5.41 Å². The Balaban J connectivity index is 2.34. The smallest absolute Gasteiger partial charge is 0.111 e. The van der Waals surface area contributed by atoms with E-state index in [1.165, 1.54) is 5.52 Å². The summed E-state index contributed by atoms with van der Waals surface area (Å²) >= 11 is 0. The fourth-order valence-corrected chi connectivity index (χ4v) is 1.88. The first-order valence-corrected chi connectivity index (χ1v) is 6.05. The Morgan fingerprint density at radius 1 is 1.29 bits per heavy atom. The van der Waals surface area contributed by atoms with Crippen molar-refractivity contribution in [2.24, 2.45) is 18.2 Å². The summed E-state index contributed by atoms with van der Waals surface area (Å²) < 4.78 is 2.14. The summed E-state index contributed by atoms with van der Waals surface area (Å²) in [4.78, 5) is 4.65. The molecule has 0 radical (unpaired) electrons. The molecule has 1 heterocycles. The van der Waals surface area contributed by atoms with Crippen LogP contribution in [0.2, 0.25) is 0 Å². The van der Waals surface area contributed by atoms with E-state index in [1.807, 2.05) is 18.2 Å². The molecule has 17 heavy (non-hydrogen) atoms. The van der Waals surface area contributed by atoms with Gasteiger partial charge in [-0.15, -0.1) is 0 Å². The zero-order valence-electron chi connectivity index (χ0n) is 11.1. The Bertz CT molecular complexity index is 520. The van der Waals surface area contributed by atoms with E-state index < -0.39 is 0 Å². The van der Waals surface area contributed by atoms with Crippen LogP contribution < -0.4 is 5.73 Å². The summed E-state index contributed by atoms with van der Waals surface area (Å²) in [5.41, 5.74) is 8.55. The van der Waals surface area contributed by atoms with Crippen molar-refractivity contribution in [1.82, 2.24) is 9.55 Å². The maximum Gasteiger partial charge on any atom is 0.111 e. The van der Waals surface area contributed by atoms with E-state index in [-0.39, 0.29) is 11.5 Å². The SMILES string of the molecule is Cn1c(CC(N)C(C)(C)C)nc2ccccc21. The average molecular weight is 231 g/mol. The molecule has 0 aliphatic carbocycles. The van der Waals surface area contributed by atoms with E-state index in [0.717, 1.165) is 17.8 Å². The van der Waals surface area contributed by atoms with Gasteiger partial charge in [-0.1, -0.05) is 32.9 Å². The van der Waals surface area contributed by atoms with Gasteiger partial charge in [-0.3, -0.25) is 0 Å². The zero-order valence-corrected chi connectivity index (χ0v) is 11.1. The molecule has 2 aromatic rings. The molecule has 0 amide bonds. The molecule has 0 aliphatic rings. The van der Waals surface area contributed by atoms with E-state index in [1.54, 1.807) is 0 Å². The lowest BCUT2D eigenvalue weighted by Crippen LogP contribution is -2.37. The highest BCUT2D eigenvalue weighted by Crippen LogP contribution is 2.22. The Hall–Kier alpha value is -1.35. The second kappa shape index (κ2) is 4.15. The number of aromatic nitrogens is 2. The highest BCUT2D eigenvalue weighted by Gasteiger charge is 2.22. The highest BCUT2D eigenvalue weighted by molar-refractivity contribution is 5.75. The molecule has 0 fully saturated rings. The van der Waals surface area contributed by atoms with Crippen molar-refractivity contribution in [3.63, 3.8) is 0 Å². The summed E-state index contributed by atoms with van der Waals surface area (Å²) in [6.45, 7) is 6.50. The molecule has 0 saturated carbocycles. The molecule has 1 unspecified atom stereocenters. The topological polar surface area (TPSA) is 43.8 Å². The van der Waals surface area contributed by atoms with Crippen molar-refractivity contribution in [2.75, 3.05) is 0 Å². The van der Waals surface area contributed by atoms with Gasteiger partial charge in [0.1, 0.15) is 5.82 Å². The number of hydrogen-bond acceptors (Lipinski definition) is 2. The number of para-hydroxylation sites is 2. The minimum atomic E-state index is 0.109. The van der Waals surface area contributed by atoms with E-state index >= 15 is 0 Å². The summed E-state index contributed by atoms with van der Waals surface area (Å²) in [5, 5.41) is 0. The van der Waals surface area contributed by atoms with Crippen LogP contribution in [-0.4, -0.2) is 15.6 Å². The van der Waals surface area contributed by atoms with Crippen LogP contribution in [0.15, 0.2) is 24.3 Å². The molecular formula is C14H21N3. The molecule has 1 aromatic heterocycles. The minimum Gasteiger partial charge on any atom is -0.331 e. The molecule has 2 rings (SSSR count). The summed E-state index contributed by atoms with van der Waals surface area (Å²) in [7, 11) is 2.06. The first-order chi connectivity index (χ1) is 7.89. The zero-order chi connectivity index (χ0) is 12.6. The van der Waals surface area contributed by atoms with Gasteiger partial charge in [0.15, 0.2) is 0 Å². The third-order valence-electron chi connectivity index (χ3n) is 3.39. The lowest BCUT2D eigenvalue weighted by molar-refractivity contribution is 0.313. The molecule has 0 bridgehead atoms. The number of nitrogens with zero attached hydrogens (tertiary/aromatic N) is 2. The van der Waals surface area contributed by atoms with Crippen LogP contribution in [0.3, 0.4) is 0 Å². The molecule has 1 aromatic carbocycles. The maximum atomic E-state index is 6.22. The van der Waals surface area contributed by atoms with Gasteiger partial charge in [-0.25, -0.2) is 4.98 Å². The highest BCUT2D eigenvalue weighted by atomic mass is 15.1. The van der Waals surface area contributed by atoms with E-state index in [4.69, 9.17) is 5.73 Å². The molecule has 92 valence electrons. The average Bonchev–Trinajstić information content (AvgIpc) is 2.55. The Labute approximate surface area is 103 Å². The minimum absolute atomic E-state index is 0.109. The molecular weight excluding hydrogens is 210 g/mol. The van der Waals surface area contributed by atoms with Crippen LogP contribution in [0.1, 0.15) is 26.6 Å². The van der Waals surface area contributed by atoms with Gasteiger partial charge in [0.05, 0.1) is 11.0 Å². The van der Waals surface area contributed by atoms with Crippen LogP contribution >= 0.6 is 0 Å². The number of hydrogen-bond donors (Lipinski definition) is 1. The molecule has 0 spiro atoms. The Morgan fingerprint density at radius 2 is 1.94 bits per heavy atom. The van der Waals surface area contributed by atoms with Gasteiger partial charge in [-0.05, 0) is 17.5 Å². The molecule has 1 atom stereocenters. The second-order valence-electron chi connectivity index (χ2n) is 5.75. The monoisotopic (exact) mass is 231 g/mol. The van der Waals surface area contributed by atoms with Gasteiger partial charge < -0.3 is 10.3 Å². The van der Waals surface area contributed by atoms with Crippen LogP contribution in [0.4, 0.5) is 0 Å². The molecule has 3 heteroatoms. The third-order valence-corrected chi connectivity index (χ3v) is 3.39. The number of imidazole rings is 1. The van der Waals surface area contributed by atoms with Gasteiger partial charge in [0, 0.05) is 19.5 Å². The number of aryl methyl sites for hydroxylation is 1. The fourth-order valence-electron chi connectivity index (χ4n) is 1.88. The lowest BCUT2D eigenvalue weighted by Gasteiger charge is -2.26. The first-order valence-electron chi connectivity index (χ1n) is 6.05. The fraction of sp³-hybridized carbons (Fsp3) is 0.500. The first kappa shape index (κ1) is 12.1. The summed E-state index contributed by atoms with van der Waals surface area (Å²) in [6, 6.07) is 8.31. The van der Waals surface area contributed by atoms with Crippen LogP contribution in [-0.2, 0) is 13.5 Å². The van der Waals surface area contributed by atoms with Gasteiger partial charge in [0.25, 0.3) is 0 Å². The quantitative estimate of drug-likeness (QED) is 0.863. The number of benzene rings is 1. The van der Waals surface area contributed by atoms with Crippen molar-refractivity contribution in [3.8, 4) is 0 Å². The normalized spacial score (nSPS) is 14.2. The van der Waals surface area contributed by atoms with Crippen molar-refractivity contribution < 1.29 is 0 Å². The largest absolute Gasteiger partial charge is 0.331 e. The van der Waals surface area contributed by atoms with Gasteiger partial charge in [-0.2, -0.15) is 0 Å². The maximum absolute atomic E-state index is 6.22. The predicted molar refractivity (Wildman–Crippen MR) is 71.8 cm³/mol. The molecule has 0 saturated heterocycles.